The van der Waals surface area contributed by atoms with Gasteiger partial charge in [-0.1, -0.05) is 12.1 Å². The summed E-state index contributed by atoms with van der Waals surface area (Å²) in [5.41, 5.74) is -0.263. The number of alkyl halides is 3. The molecule has 128 valence electrons. The van der Waals surface area contributed by atoms with E-state index in [1.54, 1.807) is 6.07 Å². The van der Waals surface area contributed by atoms with Crippen LogP contribution in [0.1, 0.15) is 11.1 Å². The highest BCUT2D eigenvalue weighted by molar-refractivity contribution is 5.78. The Morgan fingerprint density at radius 3 is 2.54 bits per heavy atom. The van der Waals surface area contributed by atoms with Crippen molar-refractivity contribution in [2.75, 3.05) is 18.4 Å². The van der Waals surface area contributed by atoms with E-state index >= 15 is 0 Å². The van der Waals surface area contributed by atoms with Crippen molar-refractivity contribution in [1.29, 1.82) is 0 Å². The number of hydrogen-bond donors (Lipinski definition) is 2. The fourth-order valence-corrected chi connectivity index (χ4v) is 1.95. The van der Waals surface area contributed by atoms with Crippen LogP contribution in [0.4, 0.5) is 23.4 Å². The van der Waals surface area contributed by atoms with Crippen LogP contribution in [0, 0.1) is 5.82 Å². The highest BCUT2D eigenvalue weighted by Gasteiger charge is 2.30. The number of carbonyl (C=O) groups is 1. The van der Waals surface area contributed by atoms with E-state index < -0.39 is 17.6 Å². The molecule has 0 unspecified atom stereocenters. The number of nitrogens with one attached hydrogen (secondary N) is 2. The zero-order valence-electron chi connectivity index (χ0n) is 12.5. The SMILES string of the molecule is O=C(Cc1cccc(F)c1)NCCNc1ccc(C(F)(F)F)cn1. The summed E-state index contributed by atoms with van der Waals surface area (Å²) in [4.78, 5) is 15.3. The second-order valence-electron chi connectivity index (χ2n) is 5.01. The average Bonchev–Trinajstić information content (AvgIpc) is 2.51. The highest BCUT2D eigenvalue weighted by atomic mass is 19.4. The third kappa shape index (κ3) is 5.53. The van der Waals surface area contributed by atoms with E-state index in [2.05, 4.69) is 15.6 Å². The highest BCUT2D eigenvalue weighted by Crippen LogP contribution is 2.28. The Morgan fingerprint density at radius 1 is 1.12 bits per heavy atom. The Kier molecular flexibility index (Phi) is 5.73. The van der Waals surface area contributed by atoms with E-state index in [9.17, 15) is 22.4 Å². The molecule has 1 heterocycles. The van der Waals surface area contributed by atoms with Gasteiger partial charge in [-0.15, -0.1) is 0 Å². The molecule has 2 N–H and O–H groups in total. The lowest BCUT2D eigenvalue weighted by Crippen LogP contribution is -2.30. The molecule has 0 aliphatic carbocycles. The number of aromatic nitrogens is 1. The van der Waals surface area contributed by atoms with Gasteiger partial charge in [0.2, 0.25) is 5.91 Å². The van der Waals surface area contributed by atoms with E-state index in [1.807, 2.05) is 0 Å². The maximum atomic E-state index is 13.0. The summed E-state index contributed by atoms with van der Waals surface area (Å²) in [6, 6.07) is 7.89. The van der Waals surface area contributed by atoms with Gasteiger partial charge in [0.15, 0.2) is 0 Å². The number of pyridine rings is 1. The maximum absolute atomic E-state index is 13.0. The summed E-state index contributed by atoms with van der Waals surface area (Å²) in [5.74, 6) is -0.402. The van der Waals surface area contributed by atoms with E-state index in [1.165, 1.54) is 24.3 Å². The first-order valence-electron chi connectivity index (χ1n) is 7.13. The van der Waals surface area contributed by atoms with Crippen molar-refractivity contribution < 1.29 is 22.4 Å². The molecule has 0 bridgehead atoms. The average molecular weight is 341 g/mol. The number of rotatable bonds is 6. The zero-order chi connectivity index (χ0) is 17.6. The molecule has 8 heteroatoms. The minimum Gasteiger partial charge on any atom is -0.368 e. The third-order valence-electron chi connectivity index (χ3n) is 3.10. The largest absolute Gasteiger partial charge is 0.417 e. The van der Waals surface area contributed by atoms with Crippen molar-refractivity contribution in [2.24, 2.45) is 0 Å². The number of carbonyl (C=O) groups excluding carboxylic acids is 1. The standard InChI is InChI=1S/C16H15F4N3O/c17-13-3-1-2-11(8-13)9-15(24)22-7-6-21-14-5-4-12(10-23-14)16(18,19)20/h1-5,8,10H,6-7,9H2,(H,21,23)(H,22,24). The molecule has 24 heavy (non-hydrogen) atoms. The van der Waals surface area contributed by atoms with E-state index in [4.69, 9.17) is 0 Å². The fourth-order valence-electron chi connectivity index (χ4n) is 1.95. The lowest BCUT2D eigenvalue weighted by atomic mass is 10.1. The number of nitrogens with zero attached hydrogens (tertiary/aromatic N) is 1. The van der Waals surface area contributed by atoms with Crippen molar-refractivity contribution in [3.05, 3.63) is 59.5 Å². The van der Waals surface area contributed by atoms with Gasteiger partial charge in [-0.2, -0.15) is 13.2 Å². The van der Waals surface area contributed by atoms with Gasteiger partial charge in [-0.05, 0) is 29.8 Å². The topological polar surface area (TPSA) is 54.0 Å². The Balaban J connectivity index is 1.71. The molecule has 0 fully saturated rings. The summed E-state index contributed by atoms with van der Waals surface area (Å²) >= 11 is 0. The molecule has 1 aromatic carbocycles. The van der Waals surface area contributed by atoms with Gasteiger partial charge in [0, 0.05) is 19.3 Å². The number of benzene rings is 1. The number of anilines is 1. The number of amides is 1. The molecule has 1 amide bonds. The van der Waals surface area contributed by atoms with Crippen LogP contribution < -0.4 is 10.6 Å². The Bertz CT molecular complexity index is 686. The normalized spacial score (nSPS) is 11.2. The molecule has 0 spiro atoms. The molecule has 0 aliphatic heterocycles. The first-order chi connectivity index (χ1) is 11.3. The van der Waals surface area contributed by atoms with Crippen LogP contribution in [0.25, 0.3) is 0 Å². The smallest absolute Gasteiger partial charge is 0.368 e. The van der Waals surface area contributed by atoms with Gasteiger partial charge in [-0.3, -0.25) is 4.79 Å². The van der Waals surface area contributed by atoms with Crippen LogP contribution in [-0.4, -0.2) is 24.0 Å². The quantitative estimate of drug-likeness (QED) is 0.627. The summed E-state index contributed by atoms with van der Waals surface area (Å²) < 4.78 is 50.2. The minimum absolute atomic E-state index is 0.0519. The monoisotopic (exact) mass is 341 g/mol. The molecule has 0 saturated carbocycles. The molecular formula is C16H15F4N3O. The zero-order valence-corrected chi connectivity index (χ0v) is 12.5. The van der Waals surface area contributed by atoms with Gasteiger partial charge in [0.05, 0.1) is 12.0 Å². The van der Waals surface area contributed by atoms with Crippen LogP contribution in [0.3, 0.4) is 0 Å². The van der Waals surface area contributed by atoms with Crippen LogP contribution in [0.15, 0.2) is 42.6 Å². The molecule has 2 rings (SSSR count). The van der Waals surface area contributed by atoms with Crippen molar-refractivity contribution in [1.82, 2.24) is 10.3 Å². The van der Waals surface area contributed by atoms with Crippen molar-refractivity contribution in [3.8, 4) is 0 Å². The van der Waals surface area contributed by atoms with Crippen LogP contribution in [-0.2, 0) is 17.4 Å². The van der Waals surface area contributed by atoms with Crippen LogP contribution in [0.2, 0.25) is 0 Å². The van der Waals surface area contributed by atoms with Gasteiger partial charge in [0.1, 0.15) is 11.6 Å². The first kappa shape index (κ1) is 17.7. The number of hydrogen-bond acceptors (Lipinski definition) is 3. The van der Waals surface area contributed by atoms with Crippen LogP contribution in [0.5, 0.6) is 0 Å². The Labute approximate surface area is 135 Å². The van der Waals surface area contributed by atoms with Crippen molar-refractivity contribution >= 4 is 11.7 Å². The van der Waals surface area contributed by atoms with Gasteiger partial charge < -0.3 is 10.6 Å². The summed E-state index contributed by atoms with van der Waals surface area (Å²) in [6.45, 7) is 0.560. The van der Waals surface area contributed by atoms with Crippen LogP contribution >= 0.6 is 0 Å². The molecule has 0 radical (unpaired) electrons. The molecule has 4 nitrogen and oxygen atoms in total. The Hall–Kier alpha value is -2.64. The van der Waals surface area contributed by atoms with E-state index in [0.717, 1.165) is 12.3 Å². The first-order valence-corrected chi connectivity index (χ1v) is 7.13. The minimum atomic E-state index is -4.42. The Morgan fingerprint density at radius 2 is 1.92 bits per heavy atom. The third-order valence-corrected chi connectivity index (χ3v) is 3.10. The van der Waals surface area contributed by atoms with Crippen molar-refractivity contribution in [3.63, 3.8) is 0 Å². The fraction of sp³-hybridized carbons (Fsp3) is 0.250. The van der Waals surface area contributed by atoms with E-state index in [0.29, 0.717) is 12.1 Å². The molecule has 1 aromatic heterocycles. The summed E-state index contributed by atoms with van der Waals surface area (Å²) in [5, 5.41) is 5.42. The van der Waals surface area contributed by atoms with E-state index in [-0.39, 0.29) is 24.7 Å². The predicted molar refractivity (Wildman–Crippen MR) is 80.8 cm³/mol. The van der Waals surface area contributed by atoms with Gasteiger partial charge in [-0.25, -0.2) is 9.37 Å². The molecule has 0 atom stereocenters. The predicted octanol–water partition coefficient (Wildman–Crippen LogP) is 3.01. The maximum Gasteiger partial charge on any atom is 0.417 e. The molecule has 0 aliphatic rings. The molecular weight excluding hydrogens is 326 g/mol. The number of halogens is 4. The van der Waals surface area contributed by atoms with Gasteiger partial charge >= 0.3 is 6.18 Å². The second-order valence-corrected chi connectivity index (χ2v) is 5.01. The van der Waals surface area contributed by atoms with Crippen molar-refractivity contribution in [2.45, 2.75) is 12.6 Å². The van der Waals surface area contributed by atoms with Gasteiger partial charge in [0.25, 0.3) is 0 Å². The molecule has 0 saturated heterocycles. The summed E-state index contributed by atoms with van der Waals surface area (Å²) in [7, 11) is 0. The summed E-state index contributed by atoms with van der Waals surface area (Å²) in [6.07, 6.45) is -3.63. The lowest BCUT2D eigenvalue weighted by molar-refractivity contribution is -0.137. The lowest BCUT2D eigenvalue weighted by Gasteiger charge is -2.09. The molecule has 2 aromatic rings. The second kappa shape index (κ2) is 7.76.